The SMILES string of the molecule is CCNC(=NCC(O)c1ccc(OC)cc1)N1CCC(C)CC1.I. The molecule has 1 aromatic carbocycles. The molecule has 0 spiro atoms. The van der Waals surface area contributed by atoms with Crippen LogP contribution in [0.15, 0.2) is 29.3 Å². The maximum absolute atomic E-state index is 10.3. The number of likely N-dealkylation sites (tertiary alicyclic amines) is 1. The zero-order chi connectivity index (χ0) is 16.7. The first kappa shape index (κ1) is 21.0. The van der Waals surface area contributed by atoms with Crippen molar-refractivity contribution in [3.05, 3.63) is 29.8 Å². The van der Waals surface area contributed by atoms with Gasteiger partial charge in [0.15, 0.2) is 5.96 Å². The minimum Gasteiger partial charge on any atom is -0.497 e. The van der Waals surface area contributed by atoms with Gasteiger partial charge in [0.25, 0.3) is 0 Å². The van der Waals surface area contributed by atoms with E-state index in [9.17, 15) is 5.11 Å². The molecule has 1 fully saturated rings. The minimum absolute atomic E-state index is 0. The van der Waals surface area contributed by atoms with E-state index in [1.54, 1.807) is 7.11 Å². The Balaban J connectivity index is 0.00000288. The van der Waals surface area contributed by atoms with Crippen LogP contribution in [0.25, 0.3) is 0 Å². The summed E-state index contributed by atoms with van der Waals surface area (Å²) < 4.78 is 5.14. The number of guanidine groups is 1. The third-order valence-electron chi connectivity index (χ3n) is 4.33. The Morgan fingerprint density at radius 2 is 1.96 bits per heavy atom. The number of hydrogen-bond donors (Lipinski definition) is 2. The number of aliphatic hydroxyl groups excluding tert-OH is 1. The average Bonchev–Trinajstić information content (AvgIpc) is 2.59. The molecule has 1 aliphatic heterocycles. The fraction of sp³-hybridized carbons (Fsp3) is 0.611. The molecular weight excluding hydrogens is 417 g/mol. The maximum atomic E-state index is 10.3. The van der Waals surface area contributed by atoms with Crippen molar-refractivity contribution in [2.45, 2.75) is 32.8 Å². The van der Waals surface area contributed by atoms with Crippen LogP contribution in [0.4, 0.5) is 0 Å². The molecule has 1 unspecified atom stereocenters. The molecule has 0 aliphatic carbocycles. The van der Waals surface area contributed by atoms with Gasteiger partial charge in [-0.25, -0.2) is 0 Å². The van der Waals surface area contributed by atoms with Crippen LogP contribution in [-0.4, -0.2) is 49.3 Å². The fourth-order valence-electron chi connectivity index (χ4n) is 2.75. The van der Waals surface area contributed by atoms with Crippen molar-refractivity contribution in [3.63, 3.8) is 0 Å². The Morgan fingerprint density at radius 1 is 1.33 bits per heavy atom. The summed E-state index contributed by atoms with van der Waals surface area (Å²) in [4.78, 5) is 6.93. The zero-order valence-electron chi connectivity index (χ0n) is 14.9. The second-order valence-corrected chi connectivity index (χ2v) is 6.15. The number of aliphatic imine (C=N–C) groups is 1. The molecule has 0 saturated carbocycles. The van der Waals surface area contributed by atoms with Crippen molar-refractivity contribution >= 4 is 29.9 Å². The molecule has 2 N–H and O–H groups in total. The smallest absolute Gasteiger partial charge is 0.194 e. The highest BCUT2D eigenvalue weighted by molar-refractivity contribution is 14.0. The van der Waals surface area contributed by atoms with Gasteiger partial charge in [-0.1, -0.05) is 19.1 Å². The second kappa shape index (κ2) is 10.8. The first-order valence-corrected chi connectivity index (χ1v) is 8.49. The molecule has 5 nitrogen and oxygen atoms in total. The second-order valence-electron chi connectivity index (χ2n) is 6.15. The number of aliphatic hydroxyl groups is 1. The highest BCUT2D eigenvalue weighted by atomic mass is 127. The van der Waals surface area contributed by atoms with Crippen LogP contribution < -0.4 is 10.1 Å². The molecule has 0 radical (unpaired) electrons. The van der Waals surface area contributed by atoms with Crippen molar-refractivity contribution in [1.29, 1.82) is 0 Å². The lowest BCUT2D eigenvalue weighted by Gasteiger charge is -2.33. The Labute approximate surface area is 162 Å². The molecule has 24 heavy (non-hydrogen) atoms. The van der Waals surface area contributed by atoms with Crippen LogP contribution in [0.1, 0.15) is 38.4 Å². The summed E-state index contributed by atoms with van der Waals surface area (Å²) in [7, 11) is 1.64. The predicted octanol–water partition coefficient (Wildman–Crippen LogP) is 3.04. The molecule has 2 rings (SSSR count). The summed E-state index contributed by atoms with van der Waals surface area (Å²) >= 11 is 0. The fourth-order valence-corrected chi connectivity index (χ4v) is 2.75. The van der Waals surface area contributed by atoms with Gasteiger partial charge in [-0.15, -0.1) is 24.0 Å². The third-order valence-corrected chi connectivity index (χ3v) is 4.33. The van der Waals surface area contributed by atoms with Gasteiger partial charge in [0, 0.05) is 19.6 Å². The molecule has 1 aromatic rings. The van der Waals surface area contributed by atoms with E-state index in [1.807, 2.05) is 24.3 Å². The molecule has 0 amide bonds. The summed E-state index contributed by atoms with van der Waals surface area (Å²) in [5, 5.41) is 13.7. The third kappa shape index (κ3) is 6.12. The Kier molecular flexibility index (Phi) is 9.43. The average molecular weight is 447 g/mol. The standard InChI is InChI=1S/C18H29N3O2.HI/c1-4-19-18(21-11-9-14(2)10-12-21)20-13-17(22)15-5-7-16(23-3)8-6-15;/h5-8,14,17,22H,4,9-13H2,1-3H3,(H,19,20);1H. The molecule has 136 valence electrons. The summed E-state index contributed by atoms with van der Waals surface area (Å²) in [5.41, 5.74) is 0.859. The number of methoxy groups -OCH3 is 1. The van der Waals surface area contributed by atoms with E-state index in [0.29, 0.717) is 6.54 Å². The van der Waals surface area contributed by atoms with Gasteiger partial charge in [-0.2, -0.15) is 0 Å². The van der Waals surface area contributed by atoms with E-state index in [0.717, 1.165) is 42.8 Å². The number of halogens is 1. The number of hydrogen-bond acceptors (Lipinski definition) is 3. The van der Waals surface area contributed by atoms with Crippen molar-refractivity contribution in [2.24, 2.45) is 10.9 Å². The van der Waals surface area contributed by atoms with Gasteiger partial charge in [-0.05, 0) is 43.4 Å². The molecular formula is C18H30IN3O2. The van der Waals surface area contributed by atoms with Gasteiger partial charge in [-0.3, -0.25) is 4.99 Å². The van der Waals surface area contributed by atoms with Gasteiger partial charge in [0.2, 0.25) is 0 Å². The molecule has 0 aromatic heterocycles. The monoisotopic (exact) mass is 447 g/mol. The summed E-state index contributed by atoms with van der Waals surface area (Å²) in [6.45, 7) is 7.64. The van der Waals surface area contributed by atoms with E-state index in [4.69, 9.17) is 4.74 Å². The first-order chi connectivity index (χ1) is 11.1. The van der Waals surface area contributed by atoms with Gasteiger partial charge in [0.1, 0.15) is 5.75 Å². The number of rotatable bonds is 5. The lowest BCUT2D eigenvalue weighted by Crippen LogP contribution is -2.45. The minimum atomic E-state index is -0.599. The molecule has 1 aliphatic rings. The van der Waals surface area contributed by atoms with Crippen molar-refractivity contribution in [3.8, 4) is 5.75 Å². The molecule has 1 atom stereocenters. The van der Waals surface area contributed by atoms with Crippen LogP contribution in [0.2, 0.25) is 0 Å². The normalized spacial score (nSPS) is 17.2. The van der Waals surface area contributed by atoms with Crippen LogP contribution in [0, 0.1) is 5.92 Å². The predicted molar refractivity (Wildman–Crippen MR) is 109 cm³/mol. The number of piperidine rings is 1. The molecule has 0 bridgehead atoms. The number of nitrogens with one attached hydrogen (secondary N) is 1. The molecule has 6 heteroatoms. The van der Waals surface area contributed by atoms with Crippen LogP contribution in [-0.2, 0) is 0 Å². The first-order valence-electron chi connectivity index (χ1n) is 8.49. The van der Waals surface area contributed by atoms with E-state index in [-0.39, 0.29) is 24.0 Å². The summed E-state index contributed by atoms with van der Waals surface area (Å²) in [6, 6.07) is 7.49. The summed E-state index contributed by atoms with van der Waals surface area (Å²) in [6.07, 6.45) is 1.80. The van der Waals surface area contributed by atoms with Crippen molar-refractivity contribution < 1.29 is 9.84 Å². The zero-order valence-corrected chi connectivity index (χ0v) is 17.2. The van der Waals surface area contributed by atoms with Gasteiger partial charge in [0.05, 0.1) is 19.8 Å². The Bertz CT molecular complexity index is 499. The van der Waals surface area contributed by atoms with Crippen LogP contribution in [0.3, 0.4) is 0 Å². The highest BCUT2D eigenvalue weighted by Gasteiger charge is 2.19. The number of ether oxygens (including phenoxy) is 1. The van der Waals surface area contributed by atoms with Crippen molar-refractivity contribution in [1.82, 2.24) is 10.2 Å². The van der Waals surface area contributed by atoms with Crippen LogP contribution >= 0.6 is 24.0 Å². The number of benzene rings is 1. The topological polar surface area (TPSA) is 57.1 Å². The largest absolute Gasteiger partial charge is 0.497 e. The molecule has 1 heterocycles. The summed E-state index contributed by atoms with van der Waals surface area (Å²) in [5.74, 6) is 2.49. The van der Waals surface area contributed by atoms with Gasteiger partial charge < -0.3 is 20.1 Å². The van der Waals surface area contributed by atoms with E-state index < -0.39 is 6.10 Å². The van der Waals surface area contributed by atoms with Gasteiger partial charge >= 0.3 is 0 Å². The van der Waals surface area contributed by atoms with E-state index in [1.165, 1.54) is 12.8 Å². The molecule has 1 saturated heterocycles. The van der Waals surface area contributed by atoms with Crippen LogP contribution in [0.5, 0.6) is 5.75 Å². The Morgan fingerprint density at radius 3 is 2.50 bits per heavy atom. The van der Waals surface area contributed by atoms with E-state index >= 15 is 0 Å². The van der Waals surface area contributed by atoms with Crippen molar-refractivity contribution in [2.75, 3.05) is 33.3 Å². The lowest BCUT2D eigenvalue weighted by molar-refractivity contribution is 0.186. The quantitative estimate of drug-likeness (QED) is 0.414. The highest BCUT2D eigenvalue weighted by Crippen LogP contribution is 2.19. The van der Waals surface area contributed by atoms with E-state index in [2.05, 4.69) is 29.1 Å². The lowest BCUT2D eigenvalue weighted by atomic mass is 9.99. The number of nitrogens with zero attached hydrogens (tertiary/aromatic N) is 2. The maximum Gasteiger partial charge on any atom is 0.194 e. The Hall–Kier alpha value is -1.02.